The molecule has 0 bridgehead atoms. The summed E-state index contributed by atoms with van der Waals surface area (Å²) >= 11 is 0. The third kappa shape index (κ3) is 5.93. The maximum atomic E-state index is 12.5. The Morgan fingerprint density at radius 3 is 2.53 bits per heavy atom. The minimum Gasteiger partial charge on any atom is -0.493 e. The molecule has 36 heavy (non-hydrogen) atoms. The molecule has 2 aromatic heterocycles. The van der Waals surface area contributed by atoms with E-state index in [1.807, 2.05) is 42.8 Å². The predicted molar refractivity (Wildman–Crippen MR) is 136 cm³/mol. The van der Waals surface area contributed by atoms with Crippen molar-refractivity contribution in [2.75, 3.05) is 52.0 Å². The summed E-state index contributed by atoms with van der Waals surface area (Å²) in [6.07, 6.45) is 3.28. The Balaban J connectivity index is 1.33. The molecule has 0 unspecified atom stereocenters. The molecule has 10 heteroatoms. The minimum absolute atomic E-state index is 0.0127. The van der Waals surface area contributed by atoms with Gasteiger partial charge in [0.2, 0.25) is 5.91 Å². The van der Waals surface area contributed by atoms with Crippen LogP contribution in [0.5, 0.6) is 11.5 Å². The number of nitrogens with one attached hydrogen (secondary N) is 1. The fraction of sp³-hybridized carbons (Fsp3) is 0.462. The van der Waals surface area contributed by atoms with Gasteiger partial charge in [0, 0.05) is 37.8 Å². The molecule has 0 atom stereocenters. The first-order valence-corrected chi connectivity index (χ1v) is 12.2. The zero-order valence-electron chi connectivity index (χ0n) is 21.4. The van der Waals surface area contributed by atoms with Crippen molar-refractivity contribution in [3.63, 3.8) is 0 Å². The van der Waals surface area contributed by atoms with Gasteiger partial charge in [-0.2, -0.15) is 5.10 Å². The number of anilines is 1. The van der Waals surface area contributed by atoms with Crippen LogP contribution < -0.4 is 19.7 Å². The van der Waals surface area contributed by atoms with Crippen LogP contribution in [0.1, 0.15) is 28.9 Å². The predicted octanol–water partition coefficient (Wildman–Crippen LogP) is 2.42. The van der Waals surface area contributed by atoms with Crippen LogP contribution in [-0.2, 0) is 22.4 Å². The van der Waals surface area contributed by atoms with Crippen molar-refractivity contribution in [3.05, 3.63) is 53.1 Å². The molecule has 0 radical (unpaired) electrons. The van der Waals surface area contributed by atoms with E-state index in [0.29, 0.717) is 50.5 Å². The average Bonchev–Trinajstić information content (AvgIpc) is 3.20. The Kier molecular flexibility index (Phi) is 8.37. The van der Waals surface area contributed by atoms with Crippen molar-refractivity contribution < 1.29 is 19.0 Å². The van der Waals surface area contributed by atoms with Gasteiger partial charge in [-0.3, -0.25) is 4.79 Å². The fourth-order valence-corrected chi connectivity index (χ4v) is 4.39. The summed E-state index contributed by atoms with van der Waals surface area (Å²) < 4.78 is 17.9. The molecule has 1 aliphatic heterocycles. The van der Waals surface area contributed by atoms with E-state index < -0.39 is 0 Å². The monoisotopic (exact) mass is 494 g/mol. The topological polar surface area (TPSA) is 104 Å². The molecule has 1 aliphatic rings. The third-order valence-electron chi connectivity index (χ3n) is 6.42. The van der Waals surface area contributed by atoms with Crippen LogP contribution in [0.4, 0.5) is 5.82 Å². The number of aryl methyl sites for hydroxylation is 1. The number of benzene rings is 1. The van der Waals surface area contributed by atoms with Crippen molar-refractivity contribution in [2.24, 2.45) is 0 Å². The molecular weight excluding hydrogens is 460 g/mol. The molecule has 3 aromatic rings. The van der Waals surface area contributed by atoms with E-state index in [1.54, 1.807) is 20.5 Å². The fourth-order valence-electron chi connectivity index (χ4n) is 4.39. The first-order chi connectivity index (χ1) is 17.5. The first-order valence-electron chi connectivity index (χ1n) is 12.2. The Labute approximate surface area is 211 Å². The van der Waals surface area contributed by atoms with Crippen molar-refractivity contribution in [1.29, 1.82) is 0 Å². The van der Waals surface area contributed by atoms with Crippen LogP contribution in [-0.4, -0.2) is 72.7 Å². The van der Waals surface area contributed by atoms with E-state index in [9.17, 15) is 4.79 Å². The zero-order valence-corrected chi connectivity index (χ0v) is 21.4. The van der Waals surface area contributed by atoms with Crippen molar-refractivity contribution in [2.45, 2.75) is 33.1 Å². The maximum Gasteiger partial charge on any atom is 0.220 e. The van der Waals surface area contributed by atoms with E-state index in [1.165, 1.54) is 0 Å². The van der Waals surface area contributed by atoms with Crippen molar-refractivity contribution >= 4 is 11.7 Å². The lowest BCUT2D eigenvalue weighted by Gasteiger charge is -2.27. The molecule has 0 saturated carbocycles. The molecular formula is C26H34N6O4. The van der Waals surface area contributed by atoms with E-state index in [0.717, 1.165) is 47.2 Å². The SMILES string of the molecule is COc1ccc(CCNC(=O)CCc2c(C)nn(-c3cc(N4CCOCC4)ncn3)c2C)cc1OC. The highest BCUT2D eigenvalue weighted by molar-refractivity contribution is 5.76. The second kappa shape index (κ2) is 11.9. The van der Waals surface area contributed by atoms with Gasteiger partial charge >= 0.3 is 0 Å². The number of hydrogen-bond acceptors (Lipinski definition) is 8. The van der Waals surface area contributed by atoms with Crippen molar-refractivity contribution in [1.82, 2.24) is 25.1 Å². The molecule has 1 fully saturated rings. The number of aromatic nitrogens is 4. The Morgan fingerprint density at radius 2 is 1.78 bits per heavy atom. The number of morpholine rings is 1. The van der Waals surface area contributed by atoms with Gasteiger partial charge < -0.3 is 24.4 Å². The average molecular weight is 495 g/mol. The summed E-state index contributed by atoms with van der Waals surface area (Å²) in [5.41, 5.74) is 4.02. The van der Waals surface area contributed by atoms with Crippen LogP contribution in [0.15, 0.2) is 30.6 Å². The standard InChI is InChI=1S/C26H34N6O4/c1-18-21(6-8-26(33)27-10-9-20-5-7-22(34-3)23(15-20)35-4)19(2)32(30-18)25-16-24(28-17-29-25)31-11-13-36-14-12-31/h5,7,15-17H,6,8-14H2,1-4H3,(H,27,33). The summed E-state index contributed by atoms with van der Waals surface area (Å²) in [4.78, 5) is 23.6. The number of carbonyl (C=O) groups is 1. The summed E-state index contributed by atoms with van der Waals surface area (Å²) in [6, 6.07) is 7.74. The highest BCUT2D eigenvalue weighted by atomic mass is 16.5. The number of ether oxygens (including phenoxy) is 3. The lowest BCUT2D eigenvalue weighted by atomic mass is 10.1. The maximum absolute atomic E-state index is 12.5. The van der Waals surface area contributed by atoms with Gasteiger partial charge in [0.05, 0.1) is 33.1 Å². The molecule has 1 saturated heterocycles. The largest absolute Gasteiger partial charge is 0.493 e. The zero-order chi connectivity index (χ0) is 25.5. The number of nitrogens with zero attached hydrogens (tertiary/aromatic N) is 5. The van der Waals surface area contributed by atoms with Crippen LogP contribution in [0.25, 0.3) is 5.82 Å². The van der Waals surface area contributed by atoms with Gasteiger partial charge in [0.1, 0.15) is 12.1 Å². The van der Waals surface area contributed by atoms with E-state index in [4.69, 9.17) is 19.3 Å². The Morgan fingerprint density at radius 1 is 1.03 bits per heavy atom. The molecule has 3 heterocycles. The quantitative estimate of drug-likeness (QED) is 0.458. The van der Waals surface area contributed by atoms with Crippen molar-refractivity contribution in [3.8, 4) is 17.3 Å². The Hall–Kier alpha value is -3.66. The minimum atomic E-state index is 0.0127. The van der Waals surface area contributed by atoms with Gasteiger partial charge in [-0.1, -0.05) is 6.07 Å². The summed E-state index contributed by atoms with van der Waals surface area (Å²) in [5.74, 6) is 2.98. The highest BCUT2D eigenvalue weighted by Gasteiger charge is 2.18. The molecule has 192 valence electrons. The van der Waals surface area contributed by atoms with Gasteiger partial charge in [0.15, 0.2) is 17.3 Å². The normalized spacial score (nSPS) is 13.5. The second-order valence-electron chi connectivity index (χ2n) is 8.68. The molecule has 0 spiro atoms. The molecule has 10 nitrogen and oxygen atoms in total. The molecule has 4 rings (SSSR count). The molecule has 1 aromatic carbocycles. The van der Waals surface area contributed by atoms with Gasteiger partial charge in [-0.15, -0.1) is 0 Å². The molecule has 1 amide bonds. The van der Waals surface area contributed by atoms with E-state index in [-0.39, 0.29) is 5.91 Å². The number of amides is 1. The highest BCUT2D eigenvalue weighted by Crippen LogP contribution is 2.27. The smallest absolute Gasteiger partial charge is 0.220 e. The van der Waals surface area contributed by atoms with Crippen LogP contribution in [0.3, 0.4) is 0 Å². The molecule has 1 N–H and O–H groups in total. The number of methoxy groups -OCH3 is 2. The van der Waals surface area contributed by atoms with Crippen LogP contribution >= 0.6 is 0 Å². The number of rotatable bonds is 10. The molecule has 0 aliphatic carbocycles. The summed E-state index contributed by atoms with van der Waals surface area (Å²) in [6.45, 7) is 7.54. The first kappa shape index (κ1) is 25.4. The van der Waals surface area contributed by atoms with Gasteiger partial charge in [-0.25, -0.2) is 14.6 Å². The summed E-state index contributed by atoms with van der Waals surface area (Å²) in [5, 5.41) is 7.72. The summed E-state index contributed by atoms with van der Waals surface area (Å²) in [7, 11) is 3.23. The van der Waals surface area contributed by atoms with E-state index in [2.05, 4.69) is 20.2 Å². The number of carbonyl (C=O) groups excluding carboxylic acids is 1. The van der Waals surface area contributed by atoms with Crippen LogP contribution in [0, 0.1) is 13.8 Å². The van der Waals surface area contributed by atoms with Gasteiger partial charge in [-0.05, 0) is 49.9 Å². The van der Waals surface area contributed by atoms with Crippen LogP contribution in [0.2, 0.25) is 0 Å². The number of hydrogen-bond donors (Lipinski definition) is 1. The lowest BCUT2D eigenvalue weighted by molar-refractivity contribution is -0.121. The Bertz CT molecular complexity index is 1190. The third-order valence-corrected chi connectivity index (χ3v) is 6.42. The van der Waals surface area contributed by atoms with E-state index >= 15 is 0 Å². The lowest BCUT2D eigenvalue weighted by Crippen LogP contribution is -2.36. The van der Waals surface area contributed by atoms with Gasteiger partial charge in [0.25, 0.3) is 0 Å². The second-order valence-corrected chi connectivity index (χ2v) is 8.68.